The first kappa shape index (κ1) is 17.1. The molecule has 8 nitrogen and oxygen atoms in total. The zero-order valence-electron chi connectivity index (χ0n) is 15.2. The van der Waals surface area contributed by atoms with Crippen molar-refractivity contribution in [1.82, 2.24) is 19.9 Å². The second-order valence-electron chi connectivity index (χ2n) is 7.20. The highest BCUT2D eigenvalue weighted by Crippen LogP contribution is 2.29. The maximum absolute atomic E-state index is 12.5. The summed E-state index contributed by atoms with van der Waals surface area (Å²) in [6, 6.07) is 2.16. The molecule has 3 unspecified atom stereocenters. The van der Waals surface area contributed by atoms with Crippen LogP contribution in [-0.2, 0) is 9.47 Å². The first-order valence-electron chi connectivity index (χ1n) is 9.17. The van der Waals surface area contributed by atoms with Crippen LogP contribution in [0.1, 0.15) is 19.8 Å². The van der Waals surface area contributed by atoms with Gasteiger partial charge in [0.25, 0.3) is 0 Å². The molecule has 0 bridgehead atoms. The van der Waals surface area contributed by atoms with Gasteiger partial charge in [-0.2, -0.15) is 0 Å². The van der Waals surface area contributed by atoms with Crippen molar-refractivity contribution in [2.45, 2.75) is 31.9 Å². The third-order valence-corrected chi connectivity index (χ3v) is 5.50. The number of hydrogen-bond acceptors (Lipinski definition) is 6. The molecule has 0 aliphatic carbocycles. The molecular formula is C18H25N5O3. The van der Waals surface area contributed by atoms with E-state index in [1.54, 1.807) is 6.33 Å². The lowest BCUT2D eigenvalue weighted by atomic mass is 9.92. The summed E-state index contributed by atoms with van der Waals surface area (Å²) in [6.07, 6.45) is 4.82. The highest BCUT2D eigenvalue weighted by atomic mass is 16.6. The molecule has 4 rings (SSSR count). The average Bonchev–Trinajstić information content (AvgIpc) is 3.32. The van der Waals surface area contributed by atoms with E-state index in [0.717, 1.165) is 36.2 Å². The Morgan fingerprint density at radius 2 is 2.31 bits per heavy atom. The number of likely N-dealkylation sites (N-methyl/N-ethyl adjacent to an activating group) is 1. The smallest absolute Gasteiger partial charge is 0.410 e. The molecule has 26 heavy (non-hydrogen) atoms. The molecule has 2 aliphatic heterocycles. The van der Waals surface area contributed by atoms with Crippen LogP contribution in [0.3, 0.4) is 0 Å². The molecule has 0 radical (unpaired) electrons. The van der Waals surface area contributed by atoms with Crippen molar-refractivity contribution in [3.05, 3.63) is 18.6 Å². The minimum atomic E-state index is -0.236. The fourth-order valence-corrected chi connectivity index (χ4v) is 3.84. The molecule has 4 heterocycles. The van der Waals surface area contributed by atoms with Gasteiger partial charge in [0.15, 0.2) is 0 Å². The number of hydrogen-bond donors (Lipinski definition) is 1. The van der Waals surface area contributed by atoms with Gasteiger partial charge in [-0.05, 0) is 18.4 Å². The molecule has 140 valence electrons. The quantitative estimate of drug-likeness (QED) is 0.903. The number of amides is 1. The standard InChI is InChI=1S/C18H25N5O3/c1-12-4-7-23(18(24)26-13-5-8-25-10-13)9-15(12)22(2)17-14-3-6-19-16(14)20-11-21-17/h3,6,11-13,15H,4-5,7-10H2,1-2H3,(H,19,20,21). The number of likely N-dealkylation sites (tertiary alicyclic amines) is 1. The van der Waals surface area contributed by atoms with Gasteiger partial charge in [-0.15, -0.1) is 0 Å². The van der Waals surface area contributed by atoms with E-state index in [2.05, 4.69) is 26.8 Å². The fraction of sp³-hybridized carbons (Fsp3) is 0.611. The highest BCUT2D eigenvalue weighted by molar-refractivity contribution is 5.87. The average molecular weight is 359 g/mol. The second-order valence-corrected chi connectivity index (χ2v) is 7.20. The third-order valence-electron chi connectivity index (χ3n) is 5.50. The van der Waals surface area contributed by atoms with E-state index in [9.17, 15) is 4.79 Å². The minimum absolute atomic E-state index is 0.112. The summed E-state index contributed by atoms with van der Waals surface area (Å²) in [4.78, 5) is 28.4. The predicted molar refractivity (Wildman–Crippen MR) is 97.1 cm³/mol. The van der Waals surface area contributed by atoms with Crippen LogP contribution < -0.4 is 4.90 Å². The number of carbonyl (C=O) groups is 1. The summed E-state index contributed by atoms with van der Waals surface area (Å²) in [5.74, 6) is 1.33. The van der Waals surface area contributed by atoms with Crippen LogP contribution in [-0.4, -0.2) is 71.4 Å². The van der Waals surface area contributed by atoms with Crippen molar-refractivity contribution in [3.63, 3.8) is 0 Å². The van der Waals surface area contributed by atoms with Crippen molar-refractivity contribution < 1.29 is 14.3 Å². The zero-order chi connectivity index (χ0) is 18.1. The van der Waals surface area contributed by atoms with Crippen molar-refractivity contribution in [1.29, 1.82) is 0 Å². The summed E-state index contributed by atoms with van der Waals surface area (Å²) < 4.78 is 10.9. The Hall–Kier alpha value is -2.35. The van der Waals surface area contributed by atoms with Crippen LogP contribution in [0.15, 0.2) is 18.6 Å². The molecule has 2 aliphatic rings. The number of anilines is 1. The SMILES string of the molecule is CC1CCN(C(=O)OC2CCOC2)CC1N(C)c1ncnc2[nH]ccc12. The molecule has 0 spiro atoms. The Morgan fingerprint density at radius 1 is 1.42 bits per heavy atom. The van der Waals surface area contributed by atoms with E-state index in [1.807, 2.05) is 24.2 Å². The lowest BCUT2D eigenvalue weighted by Crippen LogP contribution is -2.53. The van der Waals surface area contributed by atoms with Gasteiger partial charge < -0.3 is 24.3 Å². The molecule has 0 aromatic carbocycles. The number of piperidine rings is 1. The summed E-state index contributed by atoms with van der Waals surface area (Å²) in [5.41, 5.74) is 0.822. The number of aromatic nitrogens is 3. The Bertz CT molecular complexity index is 773. The minimum Gasteiger partial charge on any atom is -0.444 e. The van der Waals surface area contributed by atoms with Gasteiger partial charge in [0.1, 0.15) is 23.9 Å². The maximum Gasteiger partial charge on any atom is 0.410 e. The molecule has 2 fully saturated rings. The lowest BCUT2D eigenvalue weighted by molar-refractivity contribution is 0.0439. The van der Waals surface area contributed by atoms with Crippen LogP contribution in [0.5, 0.6) is 0 Å². The molecule has 0 saturated carbocycles. The van der Waals surface area contributed by atoms with Crippen LogP contribution >= 0.6 is 0 Å². The number of nitrogens with zero attached hydrogens (tertiary/aromatic N) is 4. The Labute approximate surface area is 152 Å². The van der Waals surface area contributed by atoms with Gasteiger partial charge in [-0.1, -0.05) is 6.92 Å². The first-order chi connectivity index (χ1) is 12.6. The fourth-order valence-electron chi connectivity index (χ4n) is 3.84. The van der Waals surface area contributed by atoms with E-state index in [1.165, 1.54) is 0 Å². The van der Waals surface area contributed by atoms with Crippen molar-refractivity contribution in [2.75, 3.05) is 38.3 Å². The van der Waals surface area contributed by atoms with Gasteiger partial charge in [-0.3, -0.25) is 0 Å². The summed E-state index contributed by atoms with van der Waals surface area (Å²) >= 11 is 0. The molecule has 1 amide bonds. The molecule has 1 N–H and O–H groups in total. The monoisotopic (exact) mass is 359 g/mol. The van der Waals surface area contributed by atoms with Gasteiger partial charge >= 0.3 is 6.09 Å². The third kappa shape index (κ3) is 3.21. The Kier molecular flexibility index (Phi) is 4.67. The number of ether oxygens (including phenoxy) is 2. The van der Waals surface area contributed by atoms with E-state index >= 15 is 0 Å². The summed E-state index contributed by atoms with van der Waals surface area (Å²) in [7, 11) is 2.04. The molecule has 2 aromatic rings. The topological polar surface area (TPSA) is 83.6 Å². The van der Waals surface area contributed by atoms with Crippen LogP contribution in [0.25, 0.3) is 11.0 Å². The molecule has 3 atom stereocenters. The lowest BCUT2D eigenvalue weighted by Gasteiger charge is -2.41. The Morgan fingerprint density at radius 3 is 3.12 bits per heavy atom. The number of carbonyl (C=O) groups excluding carboxylic acids is 1. The number of H-pyrrole nitrogens is 1. The number of nitrogens with one attached hydrogen (secondary N) is 1. The zero-order valence-corrected chi connectivity index (χ0v) is 15.2. The molecule has 2 saturated heterocycles. The van der Waals surface area contributed by atoms with E-state index < -0.39 is 0 Å². The highest BCUT2D eigenvalue weighted by Gasteiger charge is 2.34. The maximum atomic E-state index is 12.5. The Balaban J connectivity index is 1.49. The van der Waals surface area contributed by atoms with Crippen molar-refractivity contribution in [3.8, 4) is 0 Å². The van der Waals surface area contributed by atoms with E-state index in [0.29, 0.717) is 25.7 Å². The van der Waals surface area contributed by atoms with Gasteiger partial charge in [-0.25, -0.2) is 14.8 Å². The molecule has 2 aromatic heterocycles. The summed E-state index contributed by atoms with van der Waals surface area (Å²) in [6.45, 7) is 4.75. The molecular weight excluding hydrogens is 334 g/mol. The van der Waals surface area contributed by atoms with Crippen molar-refractivity contribution >= 4 is 22.9 Å². The first-order valence-corrected chi connectivity index (χ1v) is 9.17. The van der Waals surface area contributed by atoms with Crippen LogP contribution in [0.4, 0.5) is 10.6 Å². The van der Waals surface area contributed by atoms with Gasteiger partial charge in [0.05, 0.1) is 24.6 Å². The normalized spacial score (nSPS) is 26.2. The van der Waals surface area contributed by atoms with E-state index in [-0.39, 0.29) is 18.2 Å². The summed E-state index contributed by atoms with van der Waals surface area (Å²) in [5, 5.41) is 0.991. The molecule has 8 heteroatoms. The van der Waals surface area contributed by atoms with Crippen molar-refractivity contribution in [2.24, 2.45) is 5.92 Å². The van der Waals surface area contributed by atoms with Crippen LogP contribution in [0, 0.1) is 5.92 Å². The largest absolute Gasteiger partial charge is 0.444 e. The number of rotatable bonds is 3. The number of aromatic amines is 1. The van der Waals surface area contributed by atoms with E-state index in [4.69, 9.17) is 9.47 Å². The predicted octanol–water partition coefficient (Wildman–Crippen LogP) is 2.03. The van der Waals surface area contributed by atoms with Crippen LogP contribution in [0.2, 0.25) is 0 Å². The van der Waals surface area contributed by atoms with Gasteiger partial charge in [0, 0.05) is 32.8 Å². The van der Waals surface area contributed by atoms with Gasteiger partial charge in [0.2, 0.25) is 0 Å². The number of fused-ring (bicyclic) bond motifs is 1. The second kappa shape index (κ2) is 7.11.